The maximum atomic E-state index is 13.7. The third-order valence-electron chi connectivity index (χ3n) is 3.05. The molecule has 0 aliphatic heterocycles. The van der Waals surface area contributed by atoms with Crippen LogP contribution in [0.2, 0.25) is 0 Å². The molecule has 116 valence electrons. The molecule has 1 N–H and O–H groups in total. The highest BCUT2D eigenvalue weighted by atomic mass is 32.1. The van der Waals surface area contributed by atoms with Crippen LogP contribution in [0, 0.1) is 5.82 Å². The van der Waals surface area contributed by atoms with Gasteiger partial charge in [-0.2, -0.15) is 0 Å². The maximum Gasteiger partial charge on any atom is 0.293 e. The molecular formula is C16H11FN2O3S. The molecule has 3 rings (SSSR count). The van der Waals surface area contributed by atoms with Gasteiger partial charge in [0.05, 0.1) is 5.56 Å². The molecule has 1 amide bonds. The fourth-order valence-corrected chi connectivity index (χ4v) is 2.66. The molecule has 0 aliphatic rings. The smallest absolute Gasteiger partial charge is 0.293 e. The van der Waals surface area contributed by atoms with Crippen LogP contribution in [0.3, 0.4) is 0 Å². The van der Waals surface area contributed by atoms with Crippen LogP contribution in [0.1, 0.15) is 28.0 Å². The number of nitrogens with one attached hydrogen (secondary N) is 1. The van der Waals surface area contributed by atoms with Crippen molar-refractivity contribution in [2.75, 3.05) is 5.32 Å². The lowest BCUT2D eigenvalue weighted by molar-refractivity contribution is 0.0991. The van der Waals surface area contributed by atoms with E-state index in [2.05, 4.69) is 10.3 Å². The molecule has 2 aromatic heterocycles. The van der Waals surface area contributed by atoms with Gasteiger partial charge in [0.1, 0.15) is 17.3 Å². The number of carbonyl (C=O) groups is 2. The molecule has 1 aromatic carbocycles. The van der Waals surface area contributed by atoms with Gasteiger partial charge in [0.2, 0.25) is 0 Å². The van der Waals surface area contributed by atoms with Crippen molar-refractivity contribution >= 4 is 28.2 Å². The van der Waals surface area contributed by atoms with Crippen molar-refractivity contribution < 1.29 is 18.4 Å². The number of nitrogens with zero attached hydrogens (tertiary/aromatic N) is 1. The van der Waals surface area contributed by atoms with E-state index in [1.807, 2.05) is 0 Å². The first-order valence-corrected chi connectivity index (χ1v) is 7.55. The fourth-order valence-electron chi connectivity index (χ4n) is 1.92. The number of hydrogen-bond donors (Lipinski definition) is 1. The second kappa shape index (κ2) is 6.13. The lowest BCUT2D eigenvalue weighted by Gasteiger charge is -2.00. The molecule has 0 unspecified atom stereocenters. The monoisotopic (exact) mass is 330 g/mol. The highest BCUT2D eigenvalue weighted by Gasteiger charge is 2.16. The molecule has 0 radical (unpaired) electrons. The van der Waals surface area contributed by atoms with Gasteiger partial charge in [0.25, 0.3) is 5.91 Å². The molecule has 0 saturated carbocycles. The summed E-state index contributed by atoms with van der Waals surface area (Å²) in [5.74, 6) is -0.835. The summed E-state index contributed by atoms with van der Waals surface area (Å²) >= 11 is 1.14. The average Bonchev–Trinajstić information content (AvgIpc) is 3.16. The van der Waals surface area contributed by atoms with E-state index in [-0.39, 0.29) is 28.6 Å². The van der Waals surface area contributed by atoms with Gasteiger partial charge in [-0.3, -0.25) is 14.9 Å². The Morgan fingerprint density at radius 1 is 1.22 bits per heavy atom. The molecule has 5 nitrogen and oxygen atoms in total. The van der Waals surface area contributed by atoms with Crippen molar-refractivity contribution in [1.82, 2.24) is 4.98 Å². The predicted molar refractivity (Wildman–Crippen MR) is 84.2 cm³/mol. The highest BCUT2D eigenvalue weighted by molar-refractivity contribution is 7.14. The second-order valence-corrected chi connectivity index (χ2v) is 5.55. The van der Waals surface area contributed by atoms with Crippen molar-refractivity contribution in [1.29, 1.82) is 0 Å². The van der Waals surface area contributed by atoms with Crippen LogP contribution in [0.25, 0.3) is 11.3 Å². The number of hydrogen-bond acceptors (Lipinski definition) is 5. The minimum Gasteiger partial charge on any atom is -0.451 e. The van der Waals surface area contributed by atoms with Gasteiger partial charge in [-0.1, -0.05) is 12.1 Å². The lowest BCUT2D eigenvalue weighted by Crippen LogP contribution is -2.10. The van der Waals surface area contributed by atoms with Crippen LogP contribution >= 0.6 is 11.3 Å². The minimum atomic E-state index is -0.517. The summed E-state index contributed by atoms with van der Waals surface area (Å²) in [6.07, 6.45) is 0. The van der Waals surface area contributed by atoms with Gasteiger partial charge in [-0.05, 0) is 24.3 Å². The first-order chi connectivity index (χ1) is 11.0. The zero-order valence-electron chi connectivity index (χ0n) is 12.0. The number of carbonyl (C=O) groups excluding carboxylic acids is 2. The van der Waals surface area contributed by atoms with Crippen LogP contribution in [0.15, 0.2) is 46.2 Å². The van der Waals surface area contributed by atoms with Crippen LogP contribution < -0.4 is 5.32 Å². The van der Waals surface area contributed by atoms with Gasteiger partial charge < -0.3 is 4.42 Å². The van der Waals surface area contributed by atoms with Gasteiger partial charge >= 0.3 is 0 Å². The summed E-state index contributed by atoms with van der Waals surface area (Å²) in [5.41, 5.74) is 0.566. The molecule has 7 heteroatoms. The van der Waals surface area contributed by atoms with Crippen molar-refractivity contribution in [3.05, 3.63) is 59.0 Å². The molecule has 0 bridgehead atoms. The number of amides is 1. The molecule has 0 aliphatic carbocycles. The van der Waals surface area contributed by atoms with E-state index < -0.39 is 11.7 Å². The summed E-state index contributed by atoms with van der Waals surface area (Å²) in [6, 6.07) is 9.11. The Bertz CT molecular complexity index is 885. The summed E-state index contributed by atoms with van der Waals surface area (Å²) in [7, 11) is 0. The molecule has 0 atom stereocenters. The van der Waals surface area contributed by atoms with E-state index in [1.54, 1.807) is 23.6 Å². The Hall–Kier alpha value is -2.80. The number of Topliss-reactive ketones (excluding diaryl/α,β-unsaturated/α-hetero) is 1. The Kier molecular flexibility index (Phi) is 4.03. The van der Waals surface area contributed by atoms with Crippen LogP contribution in [0.4, 0.5) is 9.52 Å². The van der Waals surface area contributed by atoms with Gasteiger partial charge in [0.15, 0.2) is 16.7 Å². The summed E-state index contributed by atoms with van der Waals surface area (Å²) in [6.45, 7) is 1.40. The Balaban J connectivity index is 1.78. The average molecular weight is 330 g/mol. The van der Waals surface area contributed by atoms with Gasteiger partial charge in [-0.15, -0.1) is 11.3 Å². The van der Waals surface area contributed by atoms with E-state index in [0.29, 0.717) is 5.13 Å². The van der Waals surface area contributed by atoms with Crippen molar-refractivity contribution in [2.24, 2.45) is 0 Å². The SMILES string of the molecule is CC(=O)c1csc(NC(=O)c2ccc(-c3ccccc3F)o2)n1. The normalized spacial score (nSPS) is 10.5. The molecule has 0 spiro atoms. The molecule has 2 heterocycles. The quantitative estimate of drug-likeness (QED) is 0.734. The first kappa shape index (κ1) is 15.1. The zero-order chi connectivity index (χ0) is 16.4. The number of thiazole rings is 1. The summed E-state index contributed by atoms with van der Waals surface area (Å²) < 4.78 is 19.1. The fraction of sp³-hybridized carbons (Fsp3) is 0.0625. The number of rotatable bonds is 4. The largest absolute Gasteiger partial charge is 0.451 e. The van der Waals surface area contributed by atoms with Crippen molar-refractivity contribution in [3.8, 4) is 11.3 Å². The third-order valence-corrected chi connectivity index (χ3v) is 3.81. The molecule has 0 saturated heterocycles. The van der Waals surface area contributed by atoms with E-state index >= 15 is 0 Å². The maximum absolute atomic E-state index is 13.7. The second-order valence-electron chi connectivity index (χ2n) is 4.69. The van der Waals surface area contributed by atoms with Crippen LogP contribution in [0.5, 0.6) is 0 Å². The Morgan fingerprint density at radius 3 is 2.70 bits per heavy atom. The molecule has 3 aromatic rings. The third kappa shape index (κ3) is 3.19. The lowest BCUT2D eigenvalue weighted by atomic mass is 10.1. The number of furan rings is 1. The minimum absolute atomic E-state index is 0.0304. The topological polar surface area (TPSA) is 72.2 Å². The van der Waals surface area contributed by atoms with Crippen molar-refractivity contribution in [2.45, 2.75) is 6.92 Å². The number of aromatic nitrogens is 1. The molecule has 23 heavy (non-hydrogen) atoms. The summed E-state index contributed by atoms with van der Waals surface area (Å²) in [4.78, 5) is 27.3. The standard InChI is InChI=1S/C16H11FN2O3S/c1-9(20)12-8-23-16(18-12)19-15(21)14-7-6-13(22-14)10-4-2-3-5-11(10)17/h2-8H,1H3,(H,18,19,21). The van der Waals surface area contributed by atoms with E-state index in [9.17, 15) is 14.0 Å². The predicted octanol–water partition coefficient (Wildman–Crippen LogP) is 4.00. The number of ketones is 1. The number of benzene rings is 1. The van der Waals surface area contributed by atoms with E-state index in [4.69, 9.17) is 4.42 Å². The number of anilines is 1. The van der Waals surface area contributed by atoms with Gasteiger partial charge in [0, 0.05) is 12.3 Å². The van der Waals surface area contributed by atoms with Crippen molar-refractivity contribution in [3.63, 3.8) is 0 Å². The van der Waals surface area contributed by atoms with Crippen LogP contribution in [-0.4, -0.2) is 16.7 Å². The molecule has 0 fully saturated rings. The molecular weight excluding hydrogens is 319 g/mol. The Morgan fingerprint density at radius 2 is 2.00 bits per heavy atom. The first-order valence-electron chi connectivity index (χ1n) is 6.67. The van der Waals surface area contributed by atoms with Gasteiger partial charge in [-0.25, -0.2) is 9.37 Å². The van der Waals surface area contributed by atoms with E-state index in [1.165, 1.54) is 25.1 Å². The summed E-state index contributed by atoms with van der Waals surface area (Å²) in [5, 5.41) is 4.40. The van der Waals surface area contributed by atoms with Crippen LogP contribution in [-0.2, 0) is 0 Å². The zero-order valence-corrected chi connectivity index (χ0v) is 12.8. The Labute approximate surface area is 134 Å². The number of halogens is 1. The highest BCUT2D eigenvalue weighted by Crippen LogP contribution is 2.25. The van der Waals surface area contributed by atoms with E-state index in [0.717, 1.165) is 11.3 Å².